The Bertz CT molecular complexity index is 1230. The van der Waals surface area contributed by atoms with Crippen molar-refractivity contribution < 1.29 is 19.5 Å². The second-order valence-corrected chi connectivity index (χ2v) is 12.5. The maximum atomic E-state index is 13.9. The molecule has 0 saturated heterocycles. The smallest absolute Gasteiger partial charge is 0.304 e. The summed E-state index contributed by atoms with van der Waals surface area (Å²) in [5.74, 6) is -0.272. The number of benzene rings is 2. The molecule has 1 aliphatic carbocycles. The van der Waals surface area contributed by atoms with Crippen LogP contribution in [-0.2, 0) is 9.59 Å². The fourth-order valence-corrected chi connectivity index (χ4v) is 6.09. The molecule has 9 heteroatoms. The normalized spacial score (nSPS) is 20.6. The van der Waals surface area contributed by atoms with Crippen LogP contribution in [0.25, 0.3) is 0 Å². The number of rotatable bonds is 7. The molecule has 1 unspecified atom stereocenters. The largest absolute Gasteiger partial charge is 0.481 e. The molecule has 1 amide bonds. The average Bonchev–Trinajstić information content (AvgIpc) is 3.23. The van der Waals surface area contributed by atoms with Crippen LogP contribution in [0.1, 0.15) is 101 Å². The molecule has 1 saturated carbocycles. The summed E-state index contributed by atoms with van der Waals surface area (Å²) < 4.78 is 0. The topological polar surface area (TPSA) is 99.1 Å². The highest BCUT2D eigenvalue weighted by Gasteiger charge is 2.52. The first kappa shape index (κ1) is 35.5. The summed E-state index contributed by atoms with van der Waals surface area (Å²) in [5.41, 5.74) is 2.30. The van der Waals surface area contributed by atoms with Crippen LogP contribution >= 0.6 is 23.2 Å². The highest BCUT2D eigenvalue weighted by molar-refractivity contribution is 6.47. The summed E-state index contributed by atoms with van der Waals surface area (Å²) >= 11 is 12.5. The van der Waals surface area contributed by atoms with Crippen molar-refractivity contribution in [3.05, 3.63) is 69.2 Å². The van der Waals surface area contributed by atoms with Crippen molar-refractivity contribution >= 4 is 47.1 Å². The lowest BCUT2D eigenvalue weighted by Gasteiger charge is -2.46. The Kier molecular flexibility index (Phi) is 13.2. The van der Waals surface area contributed by atoms with Crippen molar-refractivity contribution in [2.45, 2.75) is 85.4 Å². The first-order valence-electron chi connectivity index (χ1n) is 14.6. The van der Waals surface area contributed by atoms with Crippen LogP contribution in [0.15, 0.2) is 47.5 Å². The number of aliphatic imine (C=N–C) groups is 1. The second-order valence-electron chi connectivity index (χ2n) is 11.6. The third kappa shape index (κ3) is 8.88. The van der Waals surface area contributed by atoms with Gasteiger partial charge in [0.25, 0.3) is 5.91 Å². The fraction of sp³-hybridized carbons (Fsp3) is 0.515. The Morgan fingerprint density at radius 3 is 2.10 bits per heavy atom. The molecule has 2 aromatic rings. The van der Waals surface area contributed by atoms with Gasteiger partial charge in [-0.05, 0) is 74.8 Å². The molecule has 2 N–H and O–H groups in total. The molecule has 1 heterocycles. The van der Waals surface area contributed by atoms with Crippen molar-refractivity contribution in [2.24, 2.45) is 16.3 Å². The van der Waals surface area contributed by atoms with Crippen LogP contribution in [0.5, 0.6) is 0 Å². The highest BCUT2D eigenvalue weighted by atomic mass is 35.5. The molecule has 0 radical (unpaired) electrons. The minimum Gasteiger partial charge on any atom is -0.481 e. The number of carbonyl (C=O) groups excluding carboxylic acids is 2. The van der Waals surface area contributed by atoms with Gasteiger partial charge in [0.05, 0.1) is 12.5 Å². The monoisotopic (exact) mass is 617 g/mol. The predicted octanol–water partition coefficient (Wildman–Crippen LogP) is 7.84. The Balaban J connectivity index is 0.000000601. The Hall–Kier alpha value is -2.74. The predicted molar refractivity (Wildman–Crippen MR) is 172 cm³/mol. The van der Waals surface area contributed by atoms with Gasteiger partial charge < -0.3 is 15.3 Å². The first-order valence-corrected chi connectivity index (χ1v) is 15.4. The van der Waals surface area contributed by atoms with Crippen molar-refractivity contribution in [3.8, 4) is 0 Å². The maximum absolute atomic E-state index is 13.9. The number of carboxylic acid groups (broad SMARTS) is 1. The summed E-state index contributed by atoms with van der Waals surface area (Å²) in [7, 11) is 1.73. The standard InChI is InChI=1S/C27H30Cl2N2O2.C4H9NO2.C2H6/c1-17(19-7-5-18(16-32)6-8-19)31-25(33)24(20-13-22(28)15-23(29)14-20)30-27(31)11-9-21(10-12-27)26(2,3)4;1-5-3-2-4(6)7;1-2/h5-8,13-17,21H,9-12H2,1-4H3;5H,2-3H2,1H3,(H,6,7);1-2H3. The van der Waals surface area contributed by atoms with E-state index >= 15 is 0 Å². The summed E-state index contributed by atoms with van der Waals surface area (Å²) in [4.78, 5) is 41.8. The molecule has 1 atom stereocenters. The molecule has 0 aromatic heterocycles. The lowest BCUT2D eigenvalue weighted by atomic mass is 9.69. The molecule has 0 bridgehead atoms. The summed E-state index contributed by atoms with van der Waals surface area (Å²) in [6.07, 6.45) is 4.68. The second kappa shape index (κ2) is 15.6. The third-order valence-corrected chi connectivity index (χ3v) is 8.30. The SMILES string of the molecule is CC.CC(c1ccc(C=O)cc1)N1C(=O)C(c2cc(Cl)cc(Cl)c2)=NC12CCC(C(C)(C)C)CC2.CNCCC(=O)O. The van der Waals surface area contributed by atoms with Crippen molar-refractivity contribution in [1.29, 1.82) is 0 Å². The Labute approximate surface area is 260 Å². The van der Waals surface area contributed by atoms with Crippen molar-refractivity contribution in [1.82, 2.24) is 10.2 Å². The lowest BCUT2D eigenvalue weighted by Crippen LogP contribution is -2.50. The van der Waals surface area contributed by atoms with E-state index in [4.69, 9.17) is 33.3 Å². The number of nitrogens with one attached hydrogen (secondary N) is 1. The Morgan fingerprint density at radius 2 is 1.67 bits per heavy atom. The minimum absolute atomic E-state index is 0.102. The van der Waals surface area contributed by atoms with E-state index in [1.807, 2.05) is 37.8 Å². The van der Waals surface area contributed by atoms with Crippen LogP contribution < -0.4 is 5.32 Å². The number of hydrogen-bond donors (Lipinski definition) is 2. The highest BCUT2D eigenvalue weighted by Crippen LogP contribution is 2.49. The van der Waals surface area contributed by atoms with Gasteiger partial charge in [-0.15, -0.1) is 0 Å². The molecular weight excluding hydrogens is 573 g/mol. The van der Waals surface area contributed by atoms with Crippen LogP contribution in [-0.4, -0.2) is 53.1 Å². The summed E-state index contributed by atoms with van der Waals surface area (Å²) in [6.45, 7) is 13.4. The van der Waals surface area contributed by atoms with E-state index < -0.39 is 11.6 Å². The van der Waals surface area contributed by atoms with Gasteiger partial charge in [-0.1, -0.05) is 82.1 Å². The number of aldehydes is 1. The van der Waals surface area contributed by atoms with Crippen LogP contribution in [0.4, 0.5) is 0 Å². The molecular formula is C33H45Cl2N3O4. The van der Waals surface area contributed by atoms with Gasteiger partial charge in [0.15, 0.2) is 0 Å². The molecule has 7 nitrogen and oxygen atoms in total. The number of amides is 1. The van der Waals surface area contributed by atoms with E-state index in [1.165, 1.54) is 0 Å². The zero-order valence-electron chi connectivity index (χ0n) is 25.8. The van der Waals surface area contributed by atoms with E-state index in [1.54, 1.807) is 37.4 Å². The van der Waals surface area contributed by atoms with E-state index in [9.17, 15) is 14.4 Å². The molecule has 1 spiro atoms. The number of halogens is 2. The van der Waals surface area contributed by atoms with Gasteiger partial charge in [0, 0.05) is 27.7 Å². The van der Waals surface area contributed by atoms with Crippen LogP contribution in [0.3, 0.4) is 0 Å². The van der Waals surface area contributed by atoms with Gasteiger partial charge >= 0.3 is 5.97 Å². The molecule has 42 heavy (non-hydrogen) atoms. The van der Waals surface area contributed by atoms with Crippen LogP contribution in [0, 0.1) is 11.3 Å². The number of nitrogens with zero attached hydrogens (tertiary/aromatic N) is 2. The molecule has 2 aromatic carbocycles. The average molecular weight is 619 g/mol. The molecule has 230 valence electrons. The minimum atomic E-state index is -0.755. The van der Waals surface area contributed by atoms with Gasteiger partial charge in [0.1, 0.15) is 17.7 Å². The van der Waals surface area contributed by atoms with E-state index in [2.05, 4.69) is 26.1 Å². The molecule has 4 rings (SSSR count). The van der Waals surface area contributed by atoms with Gasteiger partial charge in [-0.25, -0.2) is 0 Å². The Morgan fingerprint density at radius 1 is 1.12 bits per heavy atom. The first-order chi connectivity index (χ1) is 19.8. The van der Waals surface area contributed by atoms with Crippen molar-refractivity contribution in [3.63, 3.8) is 0 Å². The maximum Gasteiger partial charge on any atom is 0.304 e. The van der Waals surface area contributed by atoms with Gasteiger partial charge in [-0.3, -0.25) is 19.4 Å². The lowest BCUT2D eigenvalue weighted by molar-refractivity contribution is -0.137. The number of carbonyl (C=O) groups is 3. The molecule has 1 fully saturated rings. The van der Waals surface area contributed by atoms with E-state index in [-0.39, 0.29) is 23.8 Å². The number of hydrogen-bond acceptors (Lipinski definition) is 5. The third-order valence-electron chi connectivity index (χ3n) is 7.87. The van der Waals surface area contributed by atoms with Gasteiger partial charge in [0.2, 0.25) is 0 Å². The van der Waals surface area contributed by atoms with E-state index in [0.717, 1.165) is 37.5 Å². The zero-order valence-corrected chi connectivity index (χ0v) is 27.4. The van der Waals surface area contributed by atoms with E-state index in [0.29, 0.717) is 39.3 Å². The van der Waals surface area contributed by atoms with Crippen LogP contribution in [0.2, 0.25) is 10.0 Å². The van der Waals surface area contributed by atoms with Crippen molar-refractivity contribution in [2.75, 3.05) is 13.6 Å². The molecule has 2 aliphatic rings. The zero-order chi connectivity index (χ0) is 31.7. The summed E-state index contributed by atoms with van der Waals surface area (Å²) in [6, 6.07) is 12.4. The summed E-state index contributed by atoms with van der Waals surface area (Å²) in [5, 5.41) is 11.7. The number of carboxylic acids is 1. The fourth-order valence-electron chi connectivity index (χ4n) is 5.56. The van der Waals surface area contributed by atoms with Gasteiger partial charge in [-0.2, -0.15) is 0 Å². The molecule has 1 aliphatic heterocycles. The quantitative estimate of drug-likeness (QED) is 0.308. The number of aliphatic carboxylic acids is 1.